The van der Waals surface area contributed by atoms with E-state index >= 15 is 0 Å². The minimum absolute atomic E-state index is 0.341. The molecule has 46 heavy (non-hydrogen) atoms. The predicted molar refractivity (Wildman–Crippen MR) is 191 cm³/mol. The van der Waals surface area contributed by atoms with E-state index in [0.717, 1.165) is 46.9 Å². The Labute approximate surface area is 276 Å². The number of nitrogens with zero attached hydrogens (tertiary/aromatic N) is 8. The summed E-state index contributed by atoms with van der Waals surface area (Å²) in [6.45, 7) is 11.3. The first kappa shape index (κ1) is 32.1. The van der Waals surface area contributed by atoms with Gasteiger partial charge in [-0.15, -0.1) is 0 Å². The Morgan fingerprint density at radius 3 is 2.39 bits per heavy atom. The van der Waals surface area contributed by atoms with Crippen LogP contribution in [0.4, 0.5) is 34.5 Å². The van der Waals surface area contributed by atoms with E-state index < -0.39 is 0 Å². The van der Waals surface area contributed by atoms with Crippen molar-refractivity contribution in [3.05, 3.63) is 54.5 Å². The summed E-state index contributed by atoms with van der Waals surface area (Å²) in [5.74, 6) is 2.27. The van der Waals surface area contributed by atoms with Crippen LogP contribution in [-0.2, 0) is 0 Å². The number of piperidine rings is 1. The highest BCUT2D eigenvalue weighted by Gasteiger charge is 2.28. The van der Waals surface area contributed by atoms with E-state index in [4.69, 9.17) is 9.72 Å². The molecular formula is C34H46N10OS. The Bertz CT molecular complexity index is 1640. The van der Waals surface area contributed by atoms with Gasteiger partial charge in [0.05, 0.1) is 29.7 Å². The van der Waals surface area contributed by atoms with Crippen LogP contribution in [0.5, 0.6) is 5.75 Å². The van der Waals surface area contributed by atoms with E-state index in [-0.39, 0.29) is 0 Å². The Kier molecular flexibility index (Phi) is 9.95. The molecule has 2 aliphatic heterocycles. The van der Waals surface area contributed by atoms with E-state index in [1.807, 2.05) is 31.5 Å². The molecule has 0 spiro atoms. The zero-order valence-corrected chi connectivity index (χ0v) is 28.6. The third kappa shape index (κ3) is 6.93. The maximum Gasteiger partial charge on any atom is 0.229 e. The van der Waals surface area contributed by atoms with Crippen LogP contribution in [0, 0.1) is 0 Å². The molecule has 11 nitrogen and oxygen atoms in total. The molecule has 0 unspecified atom stereocenters. The zero-order valence-electron chi connectivity index (χ0n) is 27.8. The average Bonchev–Trinajstić information content (AvgIpc) is 3.08. The summed E-state index contributed by atoms with van der Waals surface area (Å²) in [6, 6.07) is 10.9. The normalized spacial score (nSPS) is 16.6. The van der Waals surface area contributed by atoms with Crippen molar-refractivity contribution in [3.63, 3.8) is 0 Å². The first-order valence-electron chi connectivity index (χ1n) is 16.1. The van der Waals surface area contributed by atoms with E-state index in [0.29, 0.717) is 23.7 Å². The molecule has 2 N–H and O–H groups in total. The number of likely N-dealkylation sites (N-methyl/N-ethyl adjacent to an activating group) is 1. The Morgan fingerprint density at radius 1 is 0.913 bits per heavy atom. The number of hydrogen-bond acceptors (Lipinski definition) is 12. The Balaban J connectivity index is 1.21. The van der Waals surface area contributed by atoms with Crippen LogP contribution < -0.4 is 24.6 Å². The van der Waals surface area contributed by atoms with E-state index in [2.05, 4.69) is 77.6 Å². The Hall–Kier alpha value is -3.87. The van der Waals surface area contributed by atoms with Gasteiger partial charge in [0.2, 0.25) is 5.95 Å². The van der Waals surface area contributed by atoms with Crippen molar-refractivity contribution in [2.24, 2.45) is 0 Å². The quantitative estimate of drug-likeness (QED) is 0.200. The first-order valence-corrected chi connectivity index (χ1v) is 17.3. The van der Waals surface area contributed by atoms with Crippen LogP contribution in [0.2, 0.25) is 0 Å². The summed E-state index contributed by atoms with van der Waals surface area (Å²) in [7, 11) is 5.97. The fourth-order valence-corrected chi connectivity index (χ4v) is 6.89. The average molecular weight is 643 g/mol. The molecule has 0 radical (unpaired) electrons. The highest BCUT2D eigenvalue weighted by atomic mass is 32.2. The maximum atomic E-state index is 5.94. The number of piperazine rings is 1. The number of anilines is 6. The number of rotatable bonds is 10. The van der Waals surface area contributed by atoms with Gasteiger partial charge < -0.3 is 29.5 Å². The Morgan fingerprint density at radius 2 is 1.67 bits per heavy atom. The molecule has 0 saturated carbocycles. The fourth-order valence-electron chi connectivity index (χ4n) is 6.53. The van der Waals surface area contributed by atoms with Crippen molar-refractivity contribution < 1.29 is 4.74 Å². The van der Waals surface area contributed by atoms with Gasteiger partial charge >= 0.3 is 0 Å². The molecule has 4 heterocycles. The van der Waals surface area contributed by atoms with Gasteiger partial charge in [0.1, 0.15) is 17.1 Å². The van der Waals surface area contributed by atoms with Gasteiger partial charge in [-0.2, -0.15) is 4.98 Å². The van der Waals surface area contributed by atoms with Crippen LogP contribution in [0.25, 0.3) is 11.0 Å². The summed E-state index contributed by atoms with van der Waals surface area (Å²) in [6.07, 6.45) is 9.60. The summed E-state index contributed by atoms with van der Waals surface area (Å²) in [4.78, 5) is 26.1. The predicted octanol–water partition coefficient (Wildman–Crippen LogP) is 5.97. The molecule has 0 aliphatic carbocycles. The fraction of sp³-hybridized carbons (Fsp3) is 0.471. The van der Waals surface area contributed by atoms with Crippen molar-refractivity contribution in [2.75, 3.05) is 86.6 Å². The monoisotopic (exact) mass is 642 g/mol. The first-order chi connectivity index (χ1) is 22.3. The van der Waals surface area contributed by atoms with Crippen molar-refractivity contribution in [1.29, 1.82) is 0 Å². The topological polar surface area (TPSA) is 97.8 Å². The minimum atomic E-state index is 0.341. The third-order valence-electron chi connectivity index (χ3n) is 9.20. The molecule has 0 bridgehead atoms. The molecule has 0 amide bonds. The smallest absolute Gasteiger partial charge is 0.229 e. The van der Waals surface area contributed by atoms with Crippen LogP contribution in [0.1, 0.15) is 38.2 Å². The number of hydrogen-bond donors (Lipinski definition) is 2. The second-order valence-electron chi connectivity index (χ2n) is 12.4. The number of benzene rings is 2. The lowest BCUT2D eigenvalue weighted by Gasteiger charge is -2.43. The highest BCUT2D eigenvalue weighted by molar-refractivity contribution is 7.99. The van der Waals surface area contributed by atoms with Gasteiger partial charge in [0, 0.05) is 89.0 Å². The summed E-state index contributed by atoms with van der Waals surface area (Å²) in [5, 5.41) is 6.94. The molecule has 2 saturated heterocycles. The van der Waals surface area contributed by atoms with E-state index in [1.54, 1.807) is 37.6 Å². The second-order valence-corrected chi connectivity index (χ2v) is 13.3. The lowest BCUT2D eigenvalue weighted by Crippen LogP contribution is -2.52. The largest absolute Gasteiger partial charge is 0.494 e. The number of nitrogens with one attached hydrogen (secondary N) is 2. The van der Waals surface area contributed by atoms with E-state index in [1.165, 1.54) is 50.3 Å². The van der Waals surface area contributed by atoms with Crippen molar-refractivity contribution in [3.8, 4) is 5.75 Å². The summed E-state index contributed by atoms with van der Waals surface area (Å²) in [5.41, 5.74) is 6.89. The summed E-state index contributed by atoms with van der Waals surface area (Å²) >= 11 is 1.61. The highest BCUT2D eigenvalue weighted by Crippen LogP contribution is 2.40. The SMILES string of the molecule is COc1cc(N2CCC(N3CCN(C)CC3)CC2)c(C(C)C)cc1Nc1nccc(Nc2ccc3nccnc3c2N(C)SC)n1. The lowest BCUT2D eigenvalue weighted by molar-refractivity contribution is 0.0982. The minimum Gasteiger partial charge on any atom is -0.494 e. The van der Waals surface area contributed by atoms with Gasteiger partial charge in [-0.05, 0) is 55.6 Å². The van der Waals surface area contributed by atoms with E-state index in [9.17, 15) is 0 Å². The van der Waals surface area contributed by atoms with Crippen molar-refractivity contribution >= 4 is 57.5 Å². The van der Waals surface area contributed by atoms with Gasteiger partial charge in [-0.25, -0.2) is 4.98 Å². The number of aromatic nitrogens is 4. The molecule has 2 aromatic heterocycles. The molecule has 12 heteroatoms. The van der Waals surface area contributed by atoms with Gasteiger partial charge in [-0.3, -0.25) is 14.9 Å². The molecule has 2 aromatic carbocycles. The van der Waals surface area contributed by atoms with Crippen LogP contribution in [-0.4, -0.2) is 103 Å². The zero-order chi connectivity index (χ0) is 32.2. The molecule has 4 aromatic rings. The second kappa shape index (κ2) is 14.3. The molecule has 244 valence electrons. The van der Waals surface area contributed by atoms with Crippen LogP contribution >= 0.6 is 11.9 Å². The standard InChI is InChI=1S/C34H46N10OS/c1-23(2)25-21-28(30(45-5)22-29(25)44-15-10-24(11-16-44)43-19-17-41(3)18-20-43)39-34-37-12-9-31(40-34)38-27-8-7-26-32(36-14-13-35-26)33(27)42(4)46-6/h7-9,12-14,21-24H,10-11,15-20H2,1-6H3,(H2,37,38,39,40). The van der Waals surface area contributed by atoms with Crippen LogP contribution in [0.3, 0.4) is 0 Å². The lowest BCUT2D eigenvalue weighted by atomic mass is 9.96. The third-order valence-corrected chi connectivity index (χ3v) is 9.93. The molecular weight excluding hydrogens is 597 g/mol. The van der Waals surface area contributed by atoms with Gasteiger partial charge in [0.25, 0.3) is 0 Å². The van der Waals surface area contributed by atoms with Crippen molar-refractivity contribution in [2.45, 2.75) is 38.6 Å². The molecule has 6 rings (SSSR count). The maximum absolute atomic E-state index is 5.94. The number of fused-ring (bicyclic) bond motifs is 1. The molecule has 0 atom stereocenters. The van der Waals surface area contributed by atoms with Gasteiger partial charge in [-0.1, -0.05) is 25.8 Å². The number of methoxy groups -OCH3 is 1. The molecule has 2 aliphatic rings. The summed E-state index contributed by atoms with van der Waals surface area (Å²) < 4.78 is 8.02. The molecule has 2 fully saturated rings. The number of ether oxygens (including phenoxy) is 1. The van der Waals surface area contributed by atoms with Crippen molar-refractivity contribution in [1.82, 2.24) is 29.7 Å². The van der Waals surface area contributed by atoms with Crippen LogP contribution in [0.15, 0.2) is 48.9 Å². The van der Waals surface area contributed by atoms with Gasteiger partial charge in [0.15, 0.2) is 0 Å².